The number of carbonyl (C=O) groups excluding carboxylic acids is 1. The number of aromatic nitrogens is 1. The first-order valence-corrected chi connectivity index (χ1v) is 7.35. The van der Waals surface area contributed by atoms with Gasteiger partial charge in [-0.15, -0.1) is 0 Å². The van der Waals surface area contributed by atoms with E-state index in [1.54, 1.807) is 25.1 Å². The number of nitrogens with two attached hydrogens (primary N) is 1. The lowest BCUT2D eigenvalue weighted by Gasteiger charge is -2.11. The molecule has 0 aliphatic carbocycles. The number of nitrogens with zero attached hydrogens (tertiary/aromatic N) is 1. The van der Waals surface area contributed by atoms with E-state index >= 15 is 0 Å². The predicted molar refractivity (Wildman–Crippen MR) is 83.9 cm³/mol. The Bertz CT molecular complexity index is 474. The lowest BCUT2D eigenvalue weighted by atomic mass is 10.1. The number of nitrogens with one attached hydrogen (secondary N) is 1. The van der Waals surface area contributed by atoms with E-state index < -0.39 is 6.10 Å². The summed E-state index contributed by atoms with van der Waals surface area (Å²) < 4.78 is 0. The molecule has 0 spiro atoms. The third-order valence-corrected chi connectivity index (χ3v) is 3.17. The van der Waals surface area contributed by atoms with Gasteiger partial charge in [-0.3, -0.25) is 4.79 Å². The number of amides is 1. The highest BCUT2D eigenvalue weighted by Gasteiger charge is 2.13. The fourth-order valence-corrected chi connectivity index (χ4v) is 1.90. The van der Waals surface area contributed by atoms with Gasteiger partial charge in [0.1, 0.15) is 11.8 Å². The van der Waals surface area contributed by atoms with Crippen molar-refractivity contribution in [3.05, 3.63) is 41.7 Å². The Morgan fingerprint density at radius 3 is 2.76 bits per heavy atom. The highest BCUT2D eigenvalue weighted by Crippen LogP contribution is 2.17. The standard InChI is InChI=1S/C16H25N3O2/c1-12(2)15(20)13-8-7-9-14(19-13)16(21)18-11-6-4-3-5-10-17/h7-9,15,20H,1,3-6,10-11,17H2,2H3,(H,18,21). The van der Waals surface area contributed by atoms with Crippen molar-refractivity contribution in [2.24, 2.45) is 5.73 Å². The van der Waals surface area contributed by atoms with Crippen molar-refractivity contribution in [3.8, 4) is 0 Å². The van der Waals surface area contributed by atoms with Gasteiger partial charge in [-0.25, -0.2) is 4.98 Å². The molecule has 0 bridgehead atoms. The van der Waals surface area contributed by atoms with Gasteiger partial charge in [0.05, 0.1) is 5.69 Å². The molecule has 1 aromatic rings. The average molecular weight is 291 g/mol. The van der Waals surface area contributed by atoms with Crippen LogP contribution in [0.25, 0.3) is 0 Å². The summed E-state index contributed by atoms with van der Waals surface area (Å²) in [5, 5.41) is 12.7. The molecule has 1 heterocycles. The number of pyridine rings is 1. The van der Waals surface area contributed by atoms with E-state index in [1.165, 1.54) is 0 Å². The molecule has 1 aromatic heterocycles. The molecule has 21 heavy (non-hydrogen) atoms. The zero-order chi connectivity index (χ0) is 15.7. The third-order valence-electron chi connectivity index (χ3n) is 3.17. The molecule has 1 unspecified atom stereocenters. The van der Waals surface area contributed by atoms with Crippen molar-refractivity contribution < 1.29 is 9.90 Å². The van der Waals surface area contributed by atoms with E-state index in [-0.39, 0.29) is 5.91 Å². The van der Waals surface area contributed by atoms with Crippen LogP contribution in [0.4, 0.5) is 0 Å². The van der Waals surface area contributed by atoms with Gasteiger partial charge in [0.2, 0.25) is 0 Å². The number of aliphatic hydroxyl groups is 1. The molecule has 0 aromatic carbocycles. The molecule has 4 N–H and O–H groups in total. The summed E-state index contributed by atoms with van der Waals surface area (Å²) in [5.41, 5.74) is 6.78. The van der Waals surface area contributed by atoms with Crippen LogP contribution >= 0.6 is 0 Å². The van der Waals surface area contributed by atoms with E-state index in [0.717, 1.165) is 25.7 Å². The maximum atomic E-state index is 12.0. The Balaban J connectivity index is 2.47. The van der Waals surface area contributed by atoms with Crippen LogP contribution in [0.3, 0.4) is 0 Å². The molecule has 1 rings (SSSR count). The summed E-state index contributed by atoms with van der Waals surface area (Å²) in [7, 11) is 0. The fraction of sp³-hybridized carbons (Fsp3) is 0.500. The van der Waals surface area contributed by atoms with Crippen molar-refractivity contribution in [3.63, 3.8) is 0 Å². The van der Waals surface area contributed by atoms with Crippen molar-refractivity contribution in [2.45, 2.75) is 38.7 Å². The van der Waals surface area contributed by atoms with Crippen molar-refractivity contribution in [1.82, 2.24) is 10.3 Å². The summed E-state index contributed by atoms with van der Waals surface area (Å²) >= 11 is 0. The Hall–Kier alpha value is -1.72. The minimum atomic E-state index is -0.839. The molecular formula is C16H25N3O2. The molecule has 5 heteroatoms. The van der Waals surface area contributed by atoms with Gasteiger partial charge in [-0.2, -0.15) is 0 Å². The van der Waals surface area contributed by atoms with Gasteiger partial charge >= 0.3 is 0 Å². The predicted octanol–water partition coefficient (Wildman–Crippen LogP) is 1.94. The summed E-state index contributed by atoms with van der Waals surface area (Å²) in [6.07, 6.45) is 3.26. The minimum absolute atomic E-state index is 0.218. The molecule has 0 aliphatic heterocycles. The van der Waals surface area contributed by atoms with Gasteiger partial charge < -0.3 is 16.2 Å². The van der Waals surface area contributed by atoms with Crippen molar-refractivity contribution in [2.75, 3.05) is 13.1 Å². The first-order valence-electron chi connectivity index (χ1n) is 7.35. The molecule has 116 valence electrons. The number of hydrogen-bond acceptors (Lipinski definition) is 4. The van der Waals surface area contributed by atoms with E-state index in [1.807, 2.05) is 0 Å². The second kappa shape index (κ2) is 9.26. The van der Waals surface area contributed by atoms with E-state index in [4.69, 9.17) is 5.73 Å². The highest BCUT2D eigenvalue weighted by molar-refractivity contribution is 5.92. The summed E-state index contributed by atoms with van der Waals surface area (Å²) in [6, 6.07) is 5.03. The quantitative estimate of drug-likeness (QED) is 0.479. The van der Waals surface area contributed by atoms with E-state index in [2.05, 4.69) is 16.9 Å². The molecular weight excluding hydrogens is 266 g/mol. The minimum Gasteiger partial charge on any atom is -0.382 e. The van der Waals surface area contributed by atoms with Gasteiger partial charge in [-0.05, 0) is 44.0 Å². The van der Waals surface area contributed by atoms with Gasteiger partial charge in [0, 0.05) is 6.54 Å². The molecule has 0 fully saturated rings. The smallest absolute Gasteiger partial charge is 0.269 e. The van der Waals surface area contributed by atoms with E-state index in [0.29, 0.717) is 30.1 Å². The molecule has 0 radical (unpaired) electrons. The Morgan fingerprint density at radius 1 is 1.38 bits per heavy atom. The number of hydrogen-bond donors (Lipinski definition) is 3. The molecule has 0 saturated carbocycles. The third kappa shape index (κ3) is 6.06. The van der Waals surface area contributed by atoms with Crippen LogP contribution in [-0.4, -0.2) is 29.1 Å². The van der Waals surface area contributed by atoms with Crippen LogP contribution in [0.5, 0.6) is 0 Å². The lowest BCUT2D eigenvalue weighted by Crippen LogP contribution is -2.25. The normalized spacial score (nSPS) is 12.0. The maximum Gasteiger partial charge on any atom is 0.269 e. The van der Waals surface area contributed by atoms with Gasteiger partial charge in [-0.1, -0.05) is 25.5 Å². The summed E-state index contributed by atoms with van der Waals surface area (Å²) in [6.45, 7) is 6.75. The topological polar surface area (TPSA) is 88.2 Å². The van der Waals surface area contributed by atoms with Gasteiger partial charge in [0.15, 0.2) is 0 Å². The molecule has 0 saturated heterocycles. The number of carbonyl (C=O) groups is 1. The maximum absolute atomic E-state index is 12.0. The second-order valence-electron chi connectivity index (χ2n) is 5.16. The number of unbranched alkanes of at least 4 members (excludes halogenated alkanes) is 3. The number of aliphatic hydroxyl groups excluding tert-OH is 1. The van der Waals surface area contributed by atoms with Crippen LogP contribution < -0.4 is 11.1 Å². The SMILES string of the molecule is C=C(C)C(O)c1cccc(C(=O)NCCCCCCN)n1. The summed E-state index contributed by atoms with van der Waals surface area (Å²) in [5.74, 6) is -0.218. The second-order valence-corrected chi connectivity index (χ2v) is 5.16. The zero-order valence-corrected chi connectivity index (χ0v) is 12.6. The van der Waals surface area contributed by atoms with Crippen LogP contribution in [0.1, 0.15) is 54.9 Å². The first kappa shape index (κ1) is 17.3. The Kier molecular flexibility index (Phi) is 7.64. The molecule has 1 atom stereocenters. The fourth-order valence-electron chi connectivity index (χ4n) is 1.90. The van der Waals surface area contributed by atoms with Crippen LogP contribution in [0, 0.1) is 0 Å². The Labute approximate surface area is 126 Å². The van der Waals surface area contributed by atoms with Crippen LogP contribution in [0.2, 0.25) is 0 Å². The van der Waals surface area contributed by atoms with Crippen LogP contribution in [-0.2, 0) is 0 Å². The van der Waals surface area contributed by atoms with Crippen molar-refractivity contribution >= 4 is 5.91 Å². The van der Waals surface area contributed by atoms with Gasteiger partial charge in [0.25, 0.3) is 5.91 Å². The molecule has 5 nitrogen and oxygen atoms in total. The monoisotopic (exact) mass is 291 g/mol. The van der Waals surface area contributed by atoms with Crippen LogP contribution in [0.15, 0.2) is 30.4 Å². The number of rotatable bonds is 9. The molecule has 0 aliphatic rings. The Morgan fingerprint density at radius 2 is 2.10 bits per heavy atom. The lowest BCUT2D eigenvalue weighted by molar-refractivity contribution is 0.0947. The largest absolute Gasteiger partial charge is 0.382 e. The first-order chi connectivity index (χ1) is 10.1. The van der Waals surface area contributed by atoms with E-state index in [9.17, 15) is 9.90 Å². The van der Waals surface area contributed by atoms with Crippen molar-refractivity contribution in [1.29, 1.82) is 0 Å². The zero-order valence-electron chi connectivity index (χ0n) is 12.6. The summed E-state index contributed by atoms with van der Waals surface area (Å²) in [4.78, 5) is 16.2. The average Bonchev–Trinajstić information content (AvgIpc) is 2.49. The molecule has 1 amide bonds. The highest BCUT2D eigenvalue weighted by atomic mass is 16.3.